The van der Waals surface area contributed by atoms with Crippen LogP contribution in [0.15, 0.2) is 24.4 Å². The van der Waals surface area contributed by atoms with Crippen molar-refractivity contribution in [2.24, 2.45) is 5.92 Å². The van der Waals surface area contributed by atoms with Gasteiger partial charge in [0.25, 0.3) is 5.91 Å². The number of carbonyl (C=O) groups excluding carboxylic acids is 1. The van der Waals surface area contributed by atoms with E-state index >= 15 is 0 Å². The predicted octanol–water partition coefficient (Wildman–Crippen LogP) is 2.76. The van der Waals surface area contributed by atoms with Crippen LogP contribution in [0.5, 0.6) is 11.5 Å². The van der Waals surface area contributed by atoms with Crippen LogP contribution >= 0.6 is 0 Å². The molecule has 0 spiro atoms. The Morgan fingerprint density at radius 1 is 1.22 bits per heavy atom. The Kier molecular flexibility index (Phi) is 5.78. The Balaban J connectivity index is 1.77. The lowest BCUT2D eigenvalue weighted by atomic mass is 9.98. The molecule has 0 atom stereocenters. The fourth-order valence-corrected chi connectivity index (χ4v) is 3.08. The maximum absolute atomic E-state index is 12.9. The highest BCUT2D eigenvalue weighted by Gasteiger charge is 2.24. The van der Waals surface area contributed by atoms with Crippen LogP contribution in [-0.4, -0.2) is 48.1 Å². The first-order valence-electron chi connectivity index (χ1n) is 9.11. The van der Waals surface area contributed by atoms with Crippen LogP contribution in [0.1, 0.15) is 35.5 Å². The number of nitrogens with one attached hydrogen (secondary N) is 1. The minimum Gasteiger partial charge on any atom is -0.493 e. The summed E-state index contributed by atoms with van der Waals surface area (Å²) in [6, 6.07) is 5.60. The molecule has 1 N–H and O–H groups in total. The number of fused-ring (bicyclic) bond motifs is 1. The largest absolute Gasteiger partial charge is 0.493 e. The molecule has 3 rings (SSSR count). The molecule has 0 saturated heterocycles. The molecule has 7 heteroatoms. The van der Waals surface area contributed by atoms with Crippen LogP contribution in [0.4, 0.5) is 5.95 Å². The summed E-state index contributed by atoms with van der Waals surface area (Å²) in [6.45, 7) is 6.14. The van der Waals surface area contributed by atoms with Crippen molar-refractivity contribution in [2.75, 3.05) is 32.6 Å². The minimum absolute atomic E-state index is 0.0922. The molecule has 27 heavy (non-hydrogen) atoms. The van der Waals surface area contributed by atoms with E-state index in [1.54, 1.807) is 26.5 Å². The van der Waals surface area contributed by atoms with Gasteiger partial charge in [0.05, 0.1) is 14.2 Å². The Bertz CT molecular complexity index is 823. The van der Waals surface area contributed by atoms with Crippen LogP contribution < -0.4 is 14.8 Å². The molecule has 144 valence electrons. The number of hydrogen-bond donors (Lipinski definition) is 1. The number of ether oxygens (including phenoxy) is 2. The number of hydrogen-bond acceptors (Lipinski definition) is 6. The van der Waals surface area contributed by atoms with E-state index in [0.29, 0.717) is 42.1 Å². The third-order valence-corrected chi connectivity index (χ3v) is 4.55. The summed E-state index contributed by atoms with van der Waals surface area (Å²) >= 11 is 0. The second-order valence-corrected chi connectivity index (χ2v) is 6.99. The monoisotopic (exact) mass is 370 g/mol. The smallest absolute Gasteiger partial charge is 0.272 e. The van der Waals surface area contributed by atoms with Crippen molar-refractivity contribution < 1.29 is 14.3 Å². The third-order valence-electron chi connectivity index (χ3n) is 4.55. The lowest BCUT2D eigenvalue weighted by molar-refractivity contribution is 0.0728. The molecule has 0 radical (unpaired) electrons. The first-order chi connectivity index (χ1) is 13.0. The highest BCUT2D eigenvalue weighted by molar-refractivity contribution is 5.92. The first kappa shape index (κ1) is 18.9. The van der Waals surface area contributed by atoms with Crippen LogP contribution in [0.2, 0.25) is 0 Å². The van der Waals surface area contributed by atoms with Crippen molar-refractivity contribution >= 4 is 11.9 Å². The van der Waals surface area contributed by atoms with Gasteiger partial charge in [-0.25, -0.2) is 9.97 Å². The fraction of sp³-hybridized carbons (Fsp3) is 0.450. The van der Waals surface area contributed by atoms with Crippen LogP contribution in [0, 0.1) is 5.92 Å². The number of carbonyl (C=O) groups is 1. The van der Waals surface area contributed by atoms with Gasteiger partial charge in [0, 0.05) is 25.8 Å². The van der Waals surface area contributed by atoms with E-state index in [2.05, 4.69) is 29.1 Å². The number of nitrogens with zero attached hydrogens (tertiary/aromatic N) is 3. The van der Waals surface area contributed by atoms with Crippen molar-refractivity contribution in [1.82, 2.24) is 14.9 Å². The van der Waals surface area contributed by atoms with E-state index in [1.807, 2.05) is 17.0 Å². The summed E-state index contributed by atoms with van der Waals surface area (Å²) in [7, 11) is 3.24. The minimum atomic E-state index is -0.0922. The number of aromatic nitrogens is 2. The molecule has 2 aromatic rings. The number of rotatable bonds is 6. The van der Waals surface area contributed by atoms with Gasteiger partial charge < -0.3 is 19.7 Å². The predicted molar refractivity (Wildman–Crippen MR) is 103 cm³/mol. The van der Waals surface area contributed by atoms with E-state index < -0.39 is 0 Å². The van der Waals surface area contributed by atoms with E-state index in [0.717, 1.165) is 18.5 Å². The zero-order chi connectivity index (χ0) is 19.4. The van der Waals surface area contributed by atoms with Crippen molar-refractivity contribution in [1.29, 1.82) is 0 Å². The first-order valence-corrected chi connectivity index (χ1v) is 9.11. The molecule has 1 aromatic heterocycles. The van der Waals surface area contributed by atoms with Crippen molar-refractivity contribution in [2.45, 2.75) is 26.8 Å². The van der Waals surface area contributed by atoms with Gasteiger partial charge >= 0.3 is 0 Å². The quantitative estimate of drug-likeness (QED) is 0.843. The molecule has 0 unspecified atom stereocenters. The number of amides is 1. The standard InChI is InChI=1S/C20H26N4O3/c1-13(2)11-22-20-21-7-5-16(23-20)19(25)24-8-6-14-9-17(26-3)18(27-4)10-15(14)12-24/h5,7,9-10,13H,6,8,11-12H2,1-4H3,(H,21,22,23). The van der Waals surface area contributed by atoms with Crippen LogP contribution in [-0.2, 0) is 13.0 Å². The summed E-state index contributed by atoms with van der Waals surface area (Å²) in [5.74, 6) is 2.25. The zero-order valence-electron chi connectivity index (χ0n) is 16.3. The van der Waals surface area contributed by atoms with Gasteiger partial charge in [-0.1, -0.05) is 13.8 Å². The molecule has 0 fully saturated rings. The number of anilines is 1. The molecule has 0 bridgehead atoms. The van der Waals surface area contributed by atoms with Crippen molar-refractivity contribution in [3.8, 4) is 11.5 Å². The maximum Gasteiger partial charge on any atom is 0.272 e. The second kappa shape index (κ2) is 8.24. The van der Waals surface area contributed by atoms with Gasteiger partial charge in [0.1, 0.15) is 5.69 Å². The fourth-order valence-electron chi connectivity index (χ4n) is 3.08. The highest BCUT2D eigenvalue weighted by atomic mass is 16.5. The number of methoxy groups -OCH3 is 2. The van der Waals surface area contributed by atoms with E-state index in [4.69, 9.17) is 9.47 Å². The third kappa shape index (κ3) is 4.30. The van der Waals surface area contributed by atoms with Crippen LogP contribution in [0.25, 0.3) is 0 Å². The van der Waals surface area contributed by atoms with E-state index in [-0.39, 0.29) is 5.91 Å². The summed E-state index contributed by atoms with van der Waals surface area (Å²) < 4.78 is 10.8. The molecule has 1 aromatic carbocycles. The van der Waals surface area contributed by atoms with Gasteiger partial charge in [-0.2, -0.15) is 0 Å². The Labute approximate surface area is 159 Å². The lowest BCUT2D eigenvalue weighted by Gasteiger charge is -2.29. The molecule has 7 nitrogen and oxygen atoms in total. The molecule has 1 amide bonds. The molecule has 2 heterocycles. The zero-order valence-corrected chi connectivity index (χ0v) is 16.3. The SMILES string of the molecule is COc1cc2c(cc1OC)CN(C(=O)c1ccnc(NCC(C)C)n1)CC2. The van der Waals surface area contributed by atoms with Gasteiger partial charge in [-0.05, 0) is 41.7 Å². The van der Waals surface area contributed by atoms with Gasteiger partial charge in [0.15, 0.2) is 11.5 Å². The molecular formula is C20H26N4O3. The van der Waals surface area contributed by atoms with Crippen molar-refractivity contribution in [3.63, 3.8) is 0 Å². The Morgan fingerprint density at radius 2 is 1.93 bits per heavy atom. The topological polar surface area (TPSA) is 76.6 Å². The molecule has 0 aliphatic carbocycles. The van der Waals surface area contributed by atoms with E-state index in [1.165, 1.54) is 5.56 Å². The number of benzene rings is 1. The van der Waals surface area contributed by atoms with Crippen molar-refractivity contribution in [3.05, 3.63) is 41.2 Å². The summed E-state index contributed by atoms with van der Waals surface area (Å²) in [4.78, 5) is 23.3. The van der Waals surface area contributed by atoms with E-state index in [9.17, 15) is 4.79 Å². The van der Waals surface area contributed by atoms with Gasteiger partial charge in [-0.15, -0.1) is 0 Å². The summed E-state index contributed by atoms with van der Waals surface area (Å²) in [5.41, 5.74) is 2.65. The Morgan fingerprint density at radius 3 is 2.59 bits per heavy atom. The lowest BCUT2D eigenvalue weighted by Crippen LogP contribution is -2.36. The van der Waals surface area contributed by atoms with Gasteiger partial charge in [0.2, 0.25) is 5.95 Å². The average molecular weight is 370 g/mol. The maximum atomic E-state index is 12.9. The highest BCUT2D eigenvalue weighted by Crippen LogP contribution is 2.33. The Hall–Kier alpha value is -2.83. The average Bonchev–Trinajstić information content (AvgIpc) is 2.70. The second-order valence-electron chi connectivity index (χ2n) is 6.99. The molecular weight excluding hydrogens is 344 g/mol. The molecule has 1 aliphatic heterocycles. The normalized spacial score (nSPS) is 13.3. The summed E-state index contributed by atoms with van der Waals surface area (Å²) in [6.07, 6.45) is 2.39. The summed E-state index contributed by atoms with van der Waals surface area (Å²) in [5, 5.41) is 3.16. The molecule has 1 aliphatic rings. The van der Waals surface area contributed by atoms with Crippen LogP contribution in [0.3, 0.4) is 0 Å². The van der Waals surface area contributed by atoms with Gasteiger partial charge in [-0.3, -0.25) is 4.79 Å². The molecule has 0 saturated carbocycles.